The molecule has 1 aromatic rings. The van der Waals surface area contributed by atoms with E-state index in [0.29, 0.717) is 6.04 Å². The Morgan fingerprint density at radius 2 is 2.19 bits per heavy atom. The predicted octanol–water partition coefficient (Wildman–Crippen LogP) is 2.94. The van der Waals surface area contributed by atoms with Crippen molar-refractivity contribution in [1.29, 1.82) is 0 Å². The maximum atomic E-state index is 4.38. The maximum absolute atomic E-state index is 4.38. The fourth-order valence-electron chi connectivity index (χ4n) is 2.24. The van der Waals surface area contributed by atoms with E-state index in [4.69, 9.17) is 0 Å². The van der Waals surface area contributed by atoms with Crippen molar-refractivity contribution >= 4 is 15.9 Å². The Morgan fingerprint density at radius 3 is 2.69 bits per heavy atom. The Balaban J connectivity index is 3.00. The first-order chi connectivity index (χ1) is 7.42. The summed E-state index contributed by atoms with van der Waals surface area (Å²) in [6.07, 6.45) is 2.98. The molecular formula is C12H22BrN3. The van der Waals surface area contributed by atoms with Crippen LogP contribution in [0.2, 0.25) is 0 Å². The van der Waals surface area contributed by atoms with E-state index < -0.39 is 0 Å². The molecule has 1 atom stereocenters. The zero-order chi connectivity index (χ0) is 12.3. The molecule has 0 aliphatic carbocycles. The zero-order valence-corrected chi connectivity index (χ0v) is 12.4. The summed E-state index contributed by atoms with van der Waals surface area (Å²) in [5.41, 5.74) is 1.41. The molecule has 0 aromatic carbocycles. The minimum absolute atomic E-state index is 0.119. The van der Waals surface area contributed by atoms with Gasteiger partial charge in [-0.25, -0.2) is 0 Å². The molecule has 0 bridgehead atoms. The van der Waals surface area contributed by atoms with E-state index in [9.17, 15) is 0 Å². The average Bonchev–Trinajstić information content (AvgIpc) is 2.59. The van der Waals surface area contributed by atoms with E-state index in [0.717, 1.165) is 17.4 Å². The van der Waals surface area contributed by atoms with Crippen LogP contribution in [0.1, 0.15) is 39.8 Å². The first-order valence-corrected chi connectivity index (χ1v) is 6.60. The van der Waals surface area contributed by atoms with Crippen molar-refractivity contribution in [3.05, 3.63) is 16.4 Å². The standard InChI is InChI=1S/C12H22BrN3/c1-6-16-11(10(13)8-15-16)12(3,4)7-9(2)14-5/h8-9,14H,6-7H2,1-5H3. The first-order valence-electron chi connectivity index (χ1n) is 5.81. The summed E-state index contributed by atoms with van der Waals surface area (Å²) in [5.74, 6) is 0. The summed E-state index contributed by atoms with van der Waals surface area (Å²) in [4.78, 5) is 0. The third-order valence-electron chi connectivity index (χ3n) is 3.04. The van der Waals surface area contributed by atoms with Crippen molar-refractivity contribution in [2.24, 2.45) is 0 Å². The molecule has 1 rings (SSSR count). The summed E-state index contributed by atoms with van der Waals surface area (Å²) in [6, 6.07) is 0.502. The number of rotatable bonds is 5. The lowest BCUT2D eigenvalue weighted by atomic mass is 9.83. The Labute approximate surface area is 107 Å². The number of nitrogens with one attached hydrogen (secondary N) is 1. The third kappa shape index (κ3) is 2.86. The second kappa shape index (κ2) is 5.32. The Kier molecular flexibility index (Phi) is 4.56. The van der Waals surface area contributed by atoms with Gasteiger partial charge >= 0.3 is 0 Å². The van der Waals surface area contributed by atoms with E-state index >= 15 is 0 Å². The van der Waals surface area contributed by atoms with Crippen molar-refractivity contribution in [3.8, 4) is 0 Å². The molecule has 0 spiro atoms. The highest BCUT2D eigenvalue weighted by Gasteiger charge is 2.28. The molecule has 92 valence electrons. The van der Waals surface area contributed by atoms with Crippen LogP contribution in [0.15, 0.2) is 10.7 Å². The lowest BCUT2D eigenvalue weighted by Gasteiger charge is -2.29. The average molecular weight is 288 g/mol. The largest absolute Gasteiger partial charge is 0.317 e. The molecule has 4 heteroatoms. The topological polar surface area (TPSA) is 29.9 Å². The minimum Gasteiger partial charge on any atom is -0.317 e. The molecule has 1 aromatic heterocycles. The van der Waals surface area contributed by atoms with Crippen LogP contribution in [-0.2, 0) is 12.0 Å². The molecule has 0 aliphatic rings. The smallest absolute Gasteiger partial charge is 0.0635 e. The lowest BCUT2D eigenvalue weighted by molar-refractivity contribution is 0.375. The molecular weight excluding hydrogens is 266 g/mol. The third-order valence-corrected chi connectivity index (χ3v) is 3.63. The fraction of sp³-hybridized carbons (Fsp3) is 0.750. The van der Waals surface area contributed by atoms with Crippen LogP contribution in [0.3, 0.4) is 0 Å². The van der Waals surface area contributed by atoms with E-state index in [2.05, 4.69) is 58.7 Å². The second-order valence-electron chi connectivity index (χ2n) is 4.93. The number of hydrogen-bond donors (Lipinski definition) is 1. The summed E-state index contributed by atoms with van der Waals surface area (Å²) >= 11 is 3.60. The highest BCUT2D eigenvalue weighted by atomic mass is 79.9. The first kappa shape index (κ1) is 13.7. The lowest BCUT2D eigenvalue weighted by Crippen LogP contribution is -2.32. The molecule has 1 N–H and O–H groups in total. The van der Waals surface area contributed by atoms with Crippen molar-refractivity contribution in [2.75, 3.05) is 7.05 Å². The zero-order valence-electron chi connectivity index (χ0n) is 10.8. The highest BCUT2D eigenvalue weighted by molar-refractivity contribution is 9.10. The van der Waals surface area contributed by atoms with Gasteiger partial charge in [-0.15, -0.1) is 0 Å². The van der Waals surface area contributed by atoms with Gasteiger partial charge in [0.15, 0.2) is 0 Å². The predicted molar refractivity (Wildman–Crippen MR) is 71.8 cm³/mol. The number of halogens is 1. The van der Waals surface area contributed by atoms with Gasteiger partial charge < -0.3 is 5.32 Å². The monoisotopic (exact) mass is 287 g/mol. The van der Waals surface area contributed by atoms with E-state index in [-0.39, 0.29) is 5.41 Å². The van der Waals surface area contributed by atoms with Gasteiger partial charge in [-0.1, -0.05) is 13.8 Å². The SMILES string of the molecule is CCn1ncc(Br)c1C(C)(C)CC(C)NC. The van der Waals surface area contributed by atoms with Gasteiger partial charge in [-0.2, -0.15) is 5.10 Å². The van der Waals surface area contributed by atoms with Crippen LogP contribution in [-0.4, -0.2) is 22.9 Å². The molecule has 1 unspecified atom stereocenters. The van der Waals surface area contributed by atoms with Gasteiger partial charge in [0.05, 0.1) is 16.4 Å². The normalized spacial score (nSPS) is 14.1. The number of hydrogen-bond acceptors (Lipinski definition) is 2. The van der Waals surface area contributed by atoms with Gasteiger partial charge in [0.1, 0.15) is 0 Å². The summed E-state index contributed by atoms with van der Waals surface area (Å²) < 4.78 is 3.19. The molecule has 0 fully saturated rings. The fourth-order valence-corrected chi connectivity index (χ4v) is 3.07. The van der Waals surface area contributed by atoms with Gasteiger partial charge in [-0.3, -0.25) is 4.68 Å². The molecule has 1 heterocycles. The highest BCUT2D eigenvalue weighted by Crippen LogP contribution is 2.33. The van der Waals surface area contributed by atoms with Crippen molar-refractivity contribution in [2.45, 2.75) is 52.1 Å². The summed E-state index contributed by atoms with van der Waals surface area (Å²) in [6.45, 7) is 9.80. The Morgan fingerprint density at radius 1 is 1.56 bits per heavy atom. The Hall–Kier alpha value is -0.350. The van der Waals surface area contributed by atoms with Crippen molar-refractivity contribution < 1.29 is 0 Å². The molecule has 0 saturated carbocycles. The van der Waals surface area contributed by atoms with Crippen LogP contribution < -0.4 is 5.32 Å². The molecule has 0 aliphatic heterocycles. The molecule has 0 saturated heterocycles. The minimum atomic E-state index is 0.119. The van der Waals surface area contributed by atoms with E-state index in [1.165, 1.54) is 5.69 Å². The van der Waals surface area contributed by atoms with Gasteiger partial charge in [0.2, 0.25) is 0 Å². The molecule has 0 radical (unpaired) electrons. The molecule has 16 heavy (non-hydrogen) atoms. The summed E-state index contributed by atoms with van der Waals surface area (Å²) in [5, 5.41) is 7.68. The summed E-state index contributed by atoms with van der Waals surface area (Å²) in [7, 11) is 2.01. The van der Waals surface area contributed by atoms with Crippen LogP contribution in [0.25, 0.3) is 0 Å². The Bertz CT molecular complexity index is 344. The quantitative estimate of drug-likeness (QED) is 0.902. The van der Waals surface area contributed by atoms with E-state index in [1.54, 1.807) is 0 Å². The van der Waals surface area contributed by atoms with E-state index in [1.807, 2.05) is 13.2 Å². The van der Waals surface area contributed by atoms with Crippen molar-refractivity contribution in [3.63, 3.8) is 0 Å². The van der Waals surface area contributed by atoms with Gasteiger partial charge in [-0.05, 0) is 43.2 Å². The molecule has 0 amide bonds. The number of aromatic nitrogens is 2. The van der Waals surface area contributed by atoms with Crippen LogP contribution in [0, 0.1) is 0 Å². The number of nitrogens with zero attached hydrogens (tertiary/aromatic N) is 2. The van der Waals surface area contributed by atoms with Crippen molar-refractivity contribution in [1.82, 2.24) is 15.1 Å². The van der Waals surface area contributed by atoms with Crippen LogP contribution >= 0.6 is 15.9 Å². The number of aryl methyl sites for hydroxylation is 1. The maximum Gasteiger partial charge on any atom is 0.0635 e. The molecule has 3 nitrogen and oxygen atoms in total. The van der Waals surface area contributed by atoms with Crippen LogP contribution in [0.4, 0.5) is 0 Å². The van der Waals surface area contributed by atoms with Gasteiger partial charge in [0, 0.05) is 18.0 Å². The second-order valence-corrected chi connectivity index (χ2v) is 5.79. The van der Waals surface area contributed by atoms with Crippen LogP contribution in [0.5, 0.6) is 0 Å². The van der Waals surface area contributed by atoms with Gasteiger partial charge in [0.25, 0.3) is 0 Å².